The summed E-state index contributed by atoms with van der Waals surface area (Å²) in [5.41, 5.74) is 3.81. The molecule has 7 nitrogen and oxygen atoms in total. The Bertz CT molecular complexity index is 1190. The number of nitrogens with zero attached hydrogens (tertiary/aromatic N) is 3. The van der Waals surface area contributed by atoms with E-state index in [0.29, 0.717) is 28.6 Å². The number of hydrogen-bond acceptors (Lipinski definition) is 6. The first kappa shape index (κ1) is 20.0. The number of nitrogens with one attached hydrogen (secondary N) is 2. The SMILES string of the molecule is Cc1cc(Nc2ccc(C(=O)Nc3ccc(Oc4ccnc(C)c4)cc3)cn2)ccn1. The van der Waals surface area contributed by atoms with Crippen LogP contribution in [-0.4, -0.2) is 20.9 Å². The minimum atomic E-state index is -0.239. The summed E-state index contributed by atoms with van der Waals surface area (Å²) in [7, 11) is 0. The molecule has 7 heteroatoms. The summed E-state index contributed by atoms with van der Waals surface area (Å²) in [5.74, 6) is 1.80. The molecule has 4 rings (SSSR count). The molecule has 0 saturated heterocycles. The van der Waals surface area contributed by atoms with Crippen molar-refractivity contribution in [2.24, 2.45) is 0 Å². The maximum absolute atomic E-state index is 12.5. The Balaban J connectivity index is 1.36. The molecule has 4 aromatic rings. The number of hydrogen-bond donors (Lipinski definition) is 2. The fourth-order valence-corrected chi connectivity index (χ4v) is 2.90. The first-order chi connectivity index (χ1) is 15.0. The highest BCUT2D eigenvalue weighted by Crippen LogP contribution is 2.23. The van der Waals surface area contributed by atoms with Crippen molar-refractivity contribution in [3.05, 3.63) is 96.2 Å². The number of amides is 1. The lowest BCUT2D eigenvalue weighted by Gasteiger charge is -2.09. The topological polar surface area (TPSA) is 89.0 Å². The molecule has 0 unspecified atom stereocenters. The van der Waals surface area contributed by atoms with Crippen LogP contribution in [0.1, 0.15) is 21.7 Å². The van der Waals surface area contributed by atoms with E-state index in [0.717, 1.165) is 17.1 Å². The molecule has 31 heavy (non-hydrogen) atoms. The molecule has 2 N–H and O–H groups in total. The van der Waals surface area contributed by atoms with Gasteiger partial charge in [0.15, 0.2) is 0 Å². The van der Waals surface area contributed by atoms with Gasteiger partial charge in [-0.05, 0) is 68.4 Å². The molecule has 154 valence electrons. The Hall–Kier alpha value is -4.26. The molecule has 0 saturated carbocycles. The summed E-state index contributed by atoms with van der Waals surface area (Å²) in [6, 6.07) is 18.1. The molecule has 0 aliphatic heterocycles. The molecular weight excluding hydrogens is 390 g/mol. The summed E-state index contributed by atoms with van der Waals surface area (Å²) in [5, 5.41) is 6.05. The third-order valence-corrected chi connectivity index (χ3v) is 4.41. The first-order valence-corrected chi connectivity index (χ1v) is 9.73. The standard InChI is InChI=1S/C24H21N5O2/c1-16-13-20(9-11-25-16)28-23-8-3-18(15-27-23)24(30)29-19-4-6-21(7-5-19)31-22-10-12-26-17(2)14-22/h3-15H,1-2H3,(H,29,30)(H,25,27,28). The van der Waals surface area contributed by atoms with Crippen LogP contribution in [0.5, 0.6) is 11.5 Å². The van der Waals surface area contributed by atoms with E-state index in [2.05, 4.69) is 25.6 Å². The summed E-state index contributed by atoms with van der Waals surface area (Å²) in [6.07, 6.45) is 4.97. The second kappa shape index (κ2) is 9.04. The summed E-state index contributed by atoms with van der Waals surface area (Å²) in [4.78, 5) is 25.2. The van der Waals surface area contributed by atoms with Crippen LogP contribution < -0.4 is 15.4 Å². The zero-order valence-electron chi connectivity index (χ0n) is 17.2. The normalized spacial score (nSPS) is 10.4. The second-order valence-corrected chi connectivity index (χ2v) is 6.96. The van der Waals surface area contributed by atoms with E-state index < -0.39 is 0 Å². The lowest BCUT2D eigenvalue weighted by molar-refractivity contribution is 0.102. The van der Waals surface area contributed by atoms with E-state index in [1.807, 2.05) is 32.0 Å². The molecular formula is C24H21N5O2. The molecule has 0 aliphatic carbocycles. The average molecular weight is 411 g/mol. The maximum atomic E-state index is 12.5. The Morgan fingerprint density at radius 3 is 2.19 bits per heavy atom. The van der Waals surface area contributed by atoms with Crippen molar-refractivity contribution in [2.45, 2.75) is 13.8 Å². The van der Waals surface area contributed by atoms with Gasteiger partial charge in [-0.3, -0.25) is 14.8 Å². The largest absolute Gasteiger partial charge is 0.457 e. The first-order valence-electron chi connectivity index (χ1n) is 9.73. The number of ether oxygens (including phenoxy) is 1. The Labute approximate surface area is 180 Å². The smallest absolute Gasteiger partial charge is 0.257 e. The zero-order valence-corrected chi connectivity index (χ0v) is 17.2. The van der Waals surface area contributed by atoms with Crippen LogP contribution in [0, 0.1) is 13.8 Å². The van der Waals surface area contributed by atoms with Gasteiger partial charge in [0.05, 0.1) is 5.56 Å². The third kappa shape index (κ3) is 5.42. The molecule has 1 amide bonds. The van der Waals surface area contributed by atoms with E-state index in [1.54, 1.807) is 54.9 Å². The van der Waals surface area contributed by atoms with Crippen LogP contribution >= 0.6 is 0 Å². The van der Waals surface area contributed by atoms with E-state index >= 15 is 0 Å². The molecule has 0 fully saturated rings. The zero-order chi connectivity index (χ0) is 21.6. The van der Waals surface area contributed by atoms with Gasteiger partial charge < -0.3 is 15.4 Å². The average Bonchev–Trinajstić information content (AvgIpc) is 2.76. The highest BCUT2D eigenvalue weighted by Gasteiger charge is 2.08. The predicted molar refractivity (Wildman–Crippen MR) is 120 cm³/mol. The monoisotopic (exact) mass is 411 g/mol. The molecule has 0 radical (unpaired) electrons. The van der Waals surface area contributed by atoms with Gasteiger partial charge in [-0.1, -0.05) is 0 Å². The van der Waals surface area contributed by atoms with Crippen LogP contribution in [0.25, 0.3) is 0 Å². The highest BCUT2D eigenvalue weighted by molar-refractivity contribution is 6.04. The van der Waals surface area contributed by atoms with Gasteiger partial charge in [-0.25, -0.2) is 4.98 Å². The van der Waals surface area contributed by atoms with Crippen molar-refractivity contribution in [3.63, 3.8) is 0 Å². The summed E-state index contributed by atoms with van der Waals surface area (Å²) >= 11 is 0. The minimum Gasteiger partial charge on any atom is -0.457 e. The Morgan fingerprint density at radius 2 is 1.52 bits per heavy atom. The van der Waals surface area contributed by atoms with E-state index in [9.17, 15) is 4.79 Å². The van der Waals surface area contributed by atoms with Crippen molar-refractivity contribution in [1.82, 2.24) is 15.0 Å². The molecule has 3 aromatic heterocycles. The van der Waals surface area contributed by atoms with Crippen molar-refractivity contribution in [3.8, 4) is 11.5 Å². The van der Waals surface area contributed by atoms with Gasteiger partial charge in [0.2, 0.25) is 0 Å². The quantitative estimate of drug-likeness (QED) is 0.449. The maximum Gasteiger partial charge on any atom is 0.257 e. The van der Waals surface area contributed by atoms with Crippen molar-refractivity contribution in [1.29, 1.82) is 0 Å². The molecule has 1 aromatic carbocycles. The lowest BCUT2D eigenvalue weighted by atomic mass is 10.2. The van der Waals surface area contributed by atoms with Gasteiger partial charge >= 0.3 is 0 Å². The minimum absolute atomic E-state index is 0.239. The number of anilines is 3. The van der Waals surface area contributed by atoms with Gasteiger partial charge in [0.25, 0.3) is 5.91 Å². The molecule has 0 spiro atoms. The van der Waals surface area contributed by atoms with E-state index in [-0.39, 0.29) is 5.91 Å². The number of pyridine rings is 3. The molecule has 0 aliphatic rings. The number of aromatic nitrogens is 3. The van der Waals surface area contributed by atoms with Crippen LogP contribution in [0.3, 0.4) is 0 Å². The van der Waals surface area contributed by atoms with Crippen LogP contribution in [0.15, 0.2) is 79.3 Å². The van der Waals surface area contributed by atoms with E-state index in [4.69, 9.17) is 4.74 Å². The number of rotatable bonds is 6. The van der Waals surface area contributed by atoms with Gasteiger partial charge in [-0.15, -0.1) is 0 Å². The third-order valence-electron chi connectivity index (χ3n) is 4.41. The van der Waals surface area contributed by atoms with E-state index in [1.165, 1.54) is 6.20 Å². The van der Waals surface area contributed by atoms with Crippen LogP contribution in [0.4, 0.5) is 17.2 Å². The fraction of sp³-hybridized carbons (Fsp3) is 0.0833. The Morgan fingerprint density at radius 1 is 0.774 bits per heavy atom. The van der Waals surface area contributed by atoms with Gasteiger partial charge in [0.1, 0.15) is 17.3 Å². The van der Waals surface area contributed by atoms with Gasteiger partial charge in [-0.2, -0.15) is 0 Å². The van der Waals surface area contributed by atoms with Crippen molar-refractivity contribution < 1.29 is 9.53 Å². The molecule has 0 atom stereocenters. The predicted octanol–water partition coefficient (Wildman–Crippen LogP) is 5.28. The molecule has 3 heterocycles. The summed E-state index contributed by atoms with van der Waals surface area (Å²) < 4.78 is 5.80. The lowest BCUT2D eigenvalue weighted by Crippen LogP contribution is -2.12. The number of carbonyl (C=O) groups excluding carboxylic acids is 1. The highest BCUT2D eigenvalue weighted by atomic mass is 16.5. The van der Waals surface area contributed by atoms with Crippen molar-refractivity contribution in [2.75, 3.05) is 10.6 Å². The van der Waals surface area contributed by atoms with Crippen LogP contribution in [-0.2, 0) is 0 Å². The van der Waals surface area contributed by atoms with Crippen LogP contribution in [0.2, 0.25) is 0 Å². The fourth-order valence-electron chi connectivity index (χ4n) is 2.90. The molecule has 0 bridgehead atoms. The number of aryl methyl sites for hydroxylation is 2. The number of benzene rings is 1. The second-order valence-electron chi connectivity index (χ2n) is 6.96. The number of carbonyl (C=O) groups is 1. The summed E-state index contributed by atoms with van der Waals surface area (Å²) in [6.45, 7) is 3.83. The van der Waals surface area contributed by atoms with Crippen molar-refractivity contribution >= 4 is 23.1 Å². The van der Waals surface area contributed by atoms with Gasteiger partial charge in [0, 0.05) is 47.4 Å². The Kier molecular flexibility index (Phi) is 5.84.